The van der Waals surface area contributed by atoms with Crippen molar-refractivity contribution >= 4 is 15.9 Å². The van der Waals surface area contributed by atoms with Gasteiger partial charge in [0.05, 0.1) is 36.6 Å². The van der Waals surface area contributed by atoms with Gasteiger partial charge in [0.1, 0.15) is 5.76 Å². The van der Waals surface area contributed by atoms with Crippen LogP contribution in [0.4, 0.5) is 0 Å². The van der Waals surface area contributed by atoms with Crippen LogP contribution in [0.25, 0.3) is 0 Å². The maximum absolute atomic E-state index is 12.4. The molecule has 0 aromatic carbocycles. The number of rotatable bonds is 5. The van der Waals surface area contributed by atoms with Crippen LogP contribution in [0.1, 0.15) is 28.2 Å². The Morgan fingerprint density at radius 1 is 1.43 bits per heavy atom. The SMILES string of the molecule is Cc1onc(C(=O)N[C@H]2[C@H]3CCO[C@H]3[C@@H]2NS(C)(=O)=O)c1CO. The molecule has 2 aliphatic rings. The number of sulfonamides is 1. The monoisotopic (exact) mass is 345 g/mol. The molecule has 3 N–H and O–H groups in total. The van der Waals surface area contributed by atoms with Crippen molar-refractivity contribution in [1.29, 1.82) is 0 Å². The van der Waals surface area contributed by atoms with Crippen molar-refractivity contribution in [2.24, 2.45) is 5.92 Å². The molecule has 1 aromatic heterocycles. The minimum absolute atomic E-state index is 0.0190. The van der Waals surface area contributed by atoms with E-state index in [-0.39, 0.29) is 30.4 Å². The molecule has 1 aliphatic carbocycles. The van der Waals surface area contributed by atoms with Crippen molar-refractivity contribution in [1.82, 2.24) is 15.2 Å². The van der Waals surface area contributed by atoms with Gasteiger partial charge in [0.2, 0.25) is 10.0 Å². The molecule has 0 bridgehead atoms. The summed E-state index contributed by atoms with van der Waals surface area (Å²) in [4.78, 5) is 12.4. The zero-order chi connectivity index (χ0) is 16.8. The van der Waals surface area contributed by atoms with Gasteiger partial charge in [-0.15, -0.1) is 0 Å². The smallest absolute Gasteiger partial charge is 0.274 e. The molecule has 1 saturated carbocycles. The number of hydrogen-bond donors (Lipinski definition) is 3. The molecule has 3 rings (SSSR count). The van der Waals surface area contributed by atoms with E-state index in [0.29, 0.717) is 17.9 Å². The van der Waals surface area contributed by atoms with Gasteiger partial charge in [-0.3, -0.25) is 4.79 Å². The number of carbonyl (C=O) groups excluding carboxylic acids is 1. The highest BCUT2D eigenvalue weighted by atomic mass is 32.2. The summed E-state index contributed by atoms with van der Waals surface area (Å²) >= 11 is 0. The number of nitrogens with zero attached hydrogens (tertiary/aromatic N) is 1. The van der Waals surface area contributed by atoms with E-state index < -0.39 is 22.0 Å². The molecule has 0 radical (unpaired) electrons. The second kappa shape index (κ2) is 5.86. The highest BCUT2D eigenvalue weighted by Gasteiger charge is 2.55. The lowest BCUT2D eigenvalue weighted by atomic mass is 9.72. The standard InChI is InChI=1S/C13H19N3O6S/c1-6-8(5-17)10(15-22-6)13(18)14-9-7-3-4-21-12(7)11(9)16-23(2,19)20/h7,9,11-12,16-17H,3-5H2,1-2H3,(H,14,18)/t7-,9+,11-,12-/m1/s1. The average molecular weight is 345 g/mol. The van der Waals surface area contributed by atoms with Crippen molar-refractivity contribution in [3.63, 3.8) is 0 Å². The van der Waals surface area contributed by atoms with Crippen molar-refractivity contribution < 1.29 is 27.6 Å². The van der Waals surface area contributed by atoms with Gasteiger partial charge in [-0.05, 0) is 13.3 Å². The lowest BCUT2D eigenvalue weighted by Gasteiger charge is -2.47. The fourth-order valence-corrected chi connectivity index (χ4v) is 4.04. The molecule has 23 heavy (non-hydrogen) atoms. The fourth-order valence-electron chi connectivity index (χ4n) is 3.27. The molecule has 1 saturated heterocycles. The van der Waals surface area contributed by atoms with Gasteiger partial charge in [0.25, 0.3) is 5.91 Å². The summed E-state index contributed by atoms with van der Waals surface area (Å²) in [6.45, 7) is 1.78. The molecule has 128 valence electrons. The van der Waals surface area contributed by atoms with Crippen molar-refractivity contribution in [3.05, 3.63) is 17.0 Å². The first-order valence-electron chi connectivity index (χ1n) is 7.27. The quantitative estimate of drug-likeness (QED) is 0.618. The number of aromatic nitrogens is 1. The lowest BCUT2D eigenvalue weighted by molar-refractivity contribution is -0.0195. The molecule has 2 heterocycles. The van der Waals surface area contributed by atoms with Crippen LogP contribution in [-0.2, 0) is 21.4 Å². The van der Waals surface area contributed by atoms with Gasteiger partial charge in [-0.25, -0.2) is 13.1 Å². The van der Waals surface area contributed by atoms with Crippen LogP contribution < -0.4 is 10.0 Å². The van der Waals surface area contributed by atoms with Crippen molar-refractivity contribution in [2.45, 2.75) is 38.1 Å². The number of aliphatic hydroxyl groups is 1. The summed E-state index contributed by atoms with van der Waals surface area (Å²) in [6, 6.07) is -0.889. The first kappa shape index (κ1) is 16.4. The van der Waals surface area contributed by atoms with E-state index in [9.17, 15) is 18.3 Å². The number of amides is 1. The number of ether oxygens (including phenoxy) is 1. The zero-order valence-corrected chi connectivity index (χ0v) is 13.6. The molecule has 9 nitrogen and oxygen atoms in total. The molecule has 2 fully saturated rings. The first-order valence-corrected chi connectivity index (χ1v) is 9.16. The van der Waals surface area contributed by atoms with E-state index in [4.69, 9.17) is 9.26 Å². The number of carbonyl (C=O) groups is 1. The lowest BCUT2D eigenvalue weighted by Crippen LogP contribution is -2.70. The molecular weight excluding hydrogens is 326 g/mol. The molecular formula is C13H19N3O6S. The molecule has 4 atom stereocenters. The topological polar surface area (TPSA) is 131 Å². The summed E-state index contributed by atoms with van der Waals surface area (Å²) in [5.41, 5.74) is 0.346. The van der Waals surface area contributed by atoms with E-state index >= 15 is 0 Å². The summed E-state index contributed by atoms with van der Waals surface area (Å²) < 4.78 is 35.9. The van der Waals surface area contributed by atoms with Crippen LogP contribution in [0.5, 0.6) is 0 Å². The second-order valence-electron chi connectivity index (χ2n) is 5.93. The predicted octanol–water partition coefficient (Wildman–Crippen LogP) is -1.09. The van der Waals surface area contributed by atoms with Gasteiger partial charge in [-0.2, -0.15) is 0 Å². The van der Waals surface area contributed by atoms with Crippen LogP contribution >= 0.6 is 0 Å². The van der Waals surface area contributed by atoms with Gasteiger partial charge in [0.15, 0.2) is 5.69 Å². The summed E-state index contributed by atoms with van der Waals surface area (Å²) in [5, 5.41) is 15.8. The van der Waals surface area contributed by atoms with Crippen LogP contribution in [0, 0.1) is 12.8 Å². The number of nitrogens with one attached hydrogen (secondary N) is 2. The minimum atomic E-state index is -3.42. The Kier molecular flexibility index (Phi) is 4.17. The molecule has 0 spiro atoms. The molecule has 1 aliphatic heterocycles. The van der Waals surface area contributed by atoms with Gasteiger partial charge < -0.3 is 19.7 Å². The van der Waals surface area contributed by atoms with Crippen LogP contribution in [0.2, 0.25) is 0 Å². The third-order valence-electron chi connectivity index (χ3n) is 4.39. The van der Waals surface area contributed by atoms with Gasteiger partial charge >= 0.3 is 0 Å². The van der Waals surface area contributed by atoms with E-state index in [1.54, 1.807) is 6.92 Å². The Morgan fingerprint density at radius 3 is 2.83 bits per heavy atom. The van der Waals surface area contributed by atoms with Crippen molar-refractivity contribution in [3.8, 4) is 0 Å². The highest BCUT2D eigenvalue weighted by molar-refractivity contribution is 7.88. The van der Waals surface area contributed by atoms with Crippen molar-refractivity contribution in [2.75, 3.05) is 12.9 Å². The zero-order valence-electron chi connectivity index (χ0n) is 12.8. The van der Waals surface area contributed by atoms with Crippen LogP contribution in [-0.4, -0.2) is 55.6 Å². The van der Waals surface area contributed by atoms with E-state index in [1.165, 1.54) is 0 Å². The maximum atomic E-state index is 12.4. The highest BCUT2D eigenvalue weighted by Crippen LogP contribution is 2.39. The number of fused-ring (bicyclic) bond motifs is 1. The molecule has 0 unspecified atom stereocenters. The normalized spacial score (nSPS) is 29.9. The van der Waals surface area contributed by atoms with E-state index in [1.807, 2.05) is 0 Å². The Labute approximate surface area is 133 Å². The molecule has 1 aromatic rings. The number of hydrogen-bond acceptors (Lipinski definition) is 7. The fraction of sp³-hybridized carbons (Fsp3) is 0.692. The maximum Gasteiger partial charge on any atom is 0.274 e. The minimum Gasteiger partial charge on any atom is -0.391 e. The second-order valence-corrected chi connectivity index (χ2v) is 7.71. The van der Waals surface area contributed by atoms with E-state index in [0.717, 1.165) is 12.7 Å². The van der Waals surface area contributed by atoms with Gasteiger partial charge in [-0.1, -0.05) is 5.16 Å². The predicted molar refractivity (Wildman–Crippen MR) is 78.0 cm³/mol. The Balaban J connectivity index is 1.76. The largest absolute Gasteiger partial charge is 0.391 e. The summed E-state index contributed by atoms with van der Waals surface area (Å²) in [6.07, 6.45) is 1.59. The Hall–Kier alpha value is -1.49. The first-order chi connectivity index (χ1) is 10.8. The Bertz CT molecular complexity index is 715. The molecule has 10 heteroatoms. The van der Waals surface area contributed by atoms with E-state index in [2.05, 4.69) is 15.2 Å². The number of aryl methyl sites for hydroxylation is 1. The third-order valence-corrected chi connectivity index (χ3v) is 5.09. The van der Waals surface area contributed by atoms with Crippen LogP contribution in [0.3, 0.4) is 0 Å². The van der Waals surface area contributed by atoms with Gasteiger partial charge in [0, 0.05) is 12.5 Å². The third kappa shape index (κ3) is 2.99. The Morgan fingerprint density at radius 2 is 2.17 bits per heavy atom. The molecule has 1 amide bonds. The van der Waals surface area contributed by atoms with Crippen LogP contribution in [0.15, 0.2) is 4.52 Å². The summed E-state index contributed by atoms with van der Waals surface area (Å²) in [5.74, 6) is -0.0653. The summed E-state index contributed by atoms with van der Waals surface area (Å²) in [7, 11) is -3.42. The number of aliphatic hydroxyl groups excluding tert-OH is 1. The average Bonchev–Trinajstić information content (AvgIpc) is 3.05.